The number of carbonyl (C=O) groups excluding carboxylic acids is 2. The second-order valence-electron chi connectivity index (χ2n) is 5.46. The molecule has 3 fully saturated rings. The van der Waals surface area contributed by atoms with Crippen molar-refractivity contribution in [2.75, 3.05) is 33.7 Å². The monoisotopic (exact) mass is 239 g/mol. The molecule has 3 rings (SSSR count). The highest BCUT2D eigenvalue weighted by Crippen LogP contribution is 2.39. The first kappa shape index (κ1) is 11.1. The molecule has 3 aliphatic heterocycles. The minimum absolute atomic E-state index is 0.119. The van der Waals surface area contributed by atoms with Gasteiger partial charge in [-0.15, -0.1) is 0 Å². The lowest BCUT2D eigenvalue weighted by molar-refractivity contribution is -0.176. The molecule has 3 saturated heterocycles. The Morgan fingerprint density at radius 2 is 1.94 bits per heavy atom. The molecule has 3 heterocycles. The lowest BCUT2D eigenvalue weighted by Crippen LogP contribution is -2.80. The molecule has 0 aliphatic carbocycles. The molecule has 0 radical (unpaired) electrons. The number of likely N-dealkylation sites (N-methyl/N-ethyl adjacent to an activating group) is 2. The van der Waals surface area contributed by atoms with Gasteiger partial charge in [-0.05, 0) is 13.5 Å². The smallest absolute Gasteiger partial charge is 0.252 e. The average molecular weight is 239 g/mol. The summed E-state index contributed by atoms with van der Waals surface area (Å²) in [5.41, 5.74) is -0.570. The Labute approximate surface area is 99.8 Å². The largest absolute Gasteiger partial charge is 0.392 e. The molecule has 6 nitrogen and oxygen atoms in total. The van der Waals surface area contributed by atoms with Gasteiger partial charge in [0.15, 0.2) is 0 Å². The van der Waals surface area contributed by atoms with Crippen molar-refractivity contribution in [3.63, 3.8) is 0 Å². The summed E-state index contributed by atoms with van der Waals surface area (Å²) in [6.45, 7) is 1.73. The SMILES string of the molecule is CN1CC2(C1)C(=O)N(C)C(=O)C1CC(O)CN12. The van der Waals surface area contributed by atoms with Crippen LogP contribution in [0.1, 0.15) is 6.42 Å². The van der Waals surface area contributed by atoms with E-state index in [1.54, 1.807) is 7.05 Å². The summed E-state index contributed by atoms with van der Waals surface area (Å²) in [6.07, 6.45) is -0.0481. The number of nitrogens with zero attached hydrogens (tertiary/aromatic N) is 3. The van der Waals surface area contributed by atoms with E-state index >= 15 is 0 Å². The van der Waals surface area contributed by atoms with E-state index in [-0.39, 0.29) is 17.9 Å². The zero-order chi connectivity index (χ0) is 12.4. The Kier molecular flexibility index (Phi) is 2.14. The molecule has 0 bridgehead atoms. The summed E-state index contributed by atoms with van der Waals surface area (Å²) < 4.78 is 0. The second kappa shape index (κ2) is 3.28. The maximum Gasteiger partial charge on any atom is 0.252 e. The summed E-state index contributed by atoms with van der Waals surface area (Å²) >= 11 is 0. The normalized spacial score (nSPS) is 37.5. The zero-order valence-corrected chi connectivity index (χ0v) is 10.1. The van der Waals surface area contributed by atoms with E-state index in [9.17, 15) is 14.7 Å². The fourth-order valence-electron chi connectivity index (χ4n) is 3.44. The molecule has 3 aliphatic rings. The maximum absolute atomic E-state index is 12.3. The van der Waals surface area contributed by atoms with Crippen LogP contribution < -0.4 is 0 Å². The van der Waals surface area contributed by atoms with Crippen molar-refractivity contribution in [1.29, 1.82) is 0 Å². The predicted octanol–water partition coefficient (Wildman–Crippen LogP) is -1.90. The number of hydrogen-bond donors (Lipinski definition) is 1. The summed E-state index contributed by atoms with van der Waals surface area (Å²) in [5, 5.41) is 9.73. The number of rotatable bonds is 0. The Morgan fingerprint density at radius 1 is 1.29 bits per heavy atom. The number of imide groups is 1. The Bertz CT molecular complexity index is 391. The van der Waals surface area contributed by atoms with Crippen LogP contribution in [-0.2, 0) is 9.59 Å². The van der Waals surface area contributed by atoms with Gasteiger partial charge in [0, 0.05) is 26.7 Å². The van der Waals surface area contributed by atoms with E-state index in [0.29, 0.717) is 26.1 Å². The van der Waals surface area contributed by atoms with Crippen LogP contribution in [0.5, 0.6) is 0 Å². The molecular weight excluding hydrogens is 222 g/mol. The van der Waals surface area contributed by atoms with Gasteiger partial charge in [-0.25, -0.2) is 0 Å². The molecule has 2 atom stereocenters. The zero-order valence-electron chi connectivity index (χ0n) is 10.1. The van der Waals surface area contributed by atoms with E-state index in [1.165, 1.54) is 4.90 Å². The van der Waals surface area contributed by atoms with Crippen LogP contribution in [0.4, 0.5) is 0 Å². The standard InChI is InChI=1S/C11H17N3O3/c1-12-5-11(6-12)10(17)13(2)9(16)8-3-7(15)4-14(8)11/h7-8,15H,3-6H2,1-2H3. The molecule has 1 N–H and O–H groups in total. The number of likely N-dealkylation sites (tertiary alicyclic amines) is 1. The Hall–Kier alpha value is -0.980. The molecule has 2 unspecified atom stereocenters. The third kappa shape index (κ3) is 1.26. The molecule has 0 saturated carbocycles. The third-order valence-corrected chi connectivity index (χ3v) is 4.21. The number of piperazine rings is 1. The summed E-state index contributed by atoms with van der Waals surface area (Å²) in [5.74, 6) is -0.294. The number of aliphatic hydroxyl groups is 1. The van der Waals surface area contributed by atoms with Crippen LogP contribution in [0.25, 0.3) is 0 Å². The first-order valence-electron chi connectivity index (χ1n) is 5.91. The van der Waals surface area contributed by atoms with E-state index in [1.807, 2.05) is 11.9 Å². The van der Waals surface area contributed by atoms with Gasteiger partial charge in [0.2, 0.25) is 5.91 Å². The molecule has 1 spiro atoms. The van der Waals surface area contributed by atoms with Crippen molar-refractivity contribution in [3.8, 4) is 0 Å². The van der Waals surface area contributed by atoms with Crippen LogP contribution in [0.15, 0.2) is 0 Å². The molecule has 94 valence electrons. The van der Waals surface area contributed by atoms with Crippen LogP contribution in [0.2, 0.25) is 0 Å². The number of carbonyl (C=O) groups is 2. The van der Waals surface area contributed by atoms with Gasteiger partial charge in [0.1, 0.15) is 5.54 Å². The maximum atomic E-state index is 12.3. The van der Waals surface area contributed by atoms with E-state index in [0.717, 1.165) is 0 Å². The van der Waals surface area contributed by atoms with Crippen molar-refractivity contribution in [1.82, 2.24) is 14.7 Å². The first-order chi connectivity index (χ1) is 7.95. The van der Waals surface area contributed by atoms with Crippen LogP contribution in [0, 0.1) is 0 Å². The lowest BCUT2D eigenvalue weighted by Gasteiger charge is -2.57. The summed E-state index contributed by atoms with van der Waals surface area (Å²) in [6, 6.07) is -0.318. The molecule has 17 heavy (non-hydrogen) atoms. The van der Waals surface area contributed by atoms with Gasteiger partial charge < -0.3 is 10.0 Å². The molecular formula is C11H17N3O3. The Balaban J connectivity index is 1.98. The lowest BCUT2D eigenvalue weighted by atomic mass is 9.83. The van der Waals surface area contributed by atoms with Crippen molar-refractivity contribution >= 4 is 11.8 Å². The van der Waals surface area contributed by atoms with Gasteiger partial charge >= 0.3 is 0 Å². The molecule has 2 amide bonds. The summed E-state index contributed by atoms with van der Waals surface area (Å²) in [7, 11) is 3.50. The minimum atomic E-state index is -0.570. The molecule has 6 heteroatoms. The van der Waals surface area contributed by atoms with Crippen molar-refractivity contribution in [2.24, 2.45) is 0 Å². The summed E-state index contributed by atoms with van der Waals surface area (Å²) in [4.78, 5) is 29.5. The number of amides is 2. The fourth-order valence-corrected chi connectivity index (χ4v) is 3.44. The second-order valence-corrected chi connectivity index (χ2v) is 5.46. The van der Waals surface area contributed by atoms with Gasteiger partial charge in [-0.3, -0.25) is 19.4 Å². The van der Waals surface area contributed by atoms with Crippen molar-refractivity contribution in [3.05, 3.63) is 0 Å². The topological polar surface area (TPSA) is 64.1 Å². The number of β-amino-alcohol motifs (C(OH)–C–C–N with tert-alkyl or cyclic N) is 1. The molecule has 0 aromatic carbocycles. The van der Waals surface area contributed by atoms with Crippen LogP contribution >= 0.6 is 0 Å². The van der Waals surface area contributed by atoms with Crippen LogP contribution in [0.3, 0.4) is 0 Å². The highest BCUT2D eigenvalue weighted by molar-refractivity contribution is 6.05. The Morgan fingerprint density at radius 3 is 2.53 bits per heavy atom. The highest BCUT2D eigenvalue weighted by atomic mass is 16.3. The van der Waals surface area contributed by atoms with Gasteiger partial charge in [0.05, 0.1) is 12.1 Å². The number of hydrogen-bond acceptors (Lipinski definition) is 5. The van der Waals surface area contributed by atoms with Crippen molar-refractivity contribution in [2.45, 2.75) is 24.1 Å². The number of aliphatic hydroxyl groups excluding tert-OH is 1. The fraction of sp³-hybridized carbons (Fsp3) is 0.818. The van der Waals surface area contributed by atoms with Gasteiger partial charge in [-0.2, -0.15) is 0 Å². The molecule has 0 aromatic heterocycles. The van der Waals surface area contributed by atoms with Gasteiger partial charge in [-0.1, -0.05) is 0 Å². The first-order valence-corrected chi connectivity index (χ1v) is 5.91. The quantitative estimate of drug-likeness (QED) is 0.500. The minimum Gasteiger partial charge on any atom is -0.392 e. The average Bonchev–Trinajstić information content (AvgIpc) is 2.62. The van der Waals surface area contributed by atoms with E-state index in [4.69, 9.17) is 0 Å². The third-order valence-electron chi connectivity index (χ3n) is 4.21. The van der Waals surface area contributed by atoms with Gasteiger partial charge in [0.25, 0.3) is 5.91 Å². The van der Waals surface area contributed by atoms with E-state index in [2.05, 4.69) is 4.90 Å². The van der Waals surface area contributed by atoms with Crippen LogP contribution in [-0.4, -0.2) is 83.0 Å². The highest BCUT2D eigenvalue weighted by Gasteiger charge is 2.62. The van der Waals surface area contributed by atoms with Crippen molar-refractivity contribution < 1.29 is 14.7 Å². The van der Waals surface area contributed by atoms with E-state index < -0.39 is 11.6 Å². The predicted molar refractivity (Wildman–Crippen MR) is 59.1 cm³/mol. The number of fused-ring (bicyclic) bond motifs is 2. The molecule has 0 aromatic rings.